The van der Waals surface area contributed by atoms with Crippen LogP contribution in [-0.4, -0.2) is 75.4 Å². The number of carbonyl (C=O) groups is 3. The molecule has 0 aliphatic carbocycles. The molecule has 2 amide bonds. The number of H-pyrrole nitrogens is 1. The number of halogens is 3. The van der Waals surface area contributed by atoms with Crippen molar-refractivity contribution in [2.24, 2.45) is 11.5 Å². The molecule has 1 aliphatic heterocycles. The number of aromatic nitrogens is 3. The monoisotopic (exact) mass is 2140 g/mol. The molecule has 28 aromatic rings. The van der Waals surface area contributed by atoms with Crippen molar-refractivity contribution in [1.29, 1.82) is 0 Å². The number of nitrogens with two attached hydrogens (primary N) is 2. The van der Waals surface area contributed by atoms with Crippen LogP contribution in [-0.2, 0) is 14.1 Å². The van der Waals surface area contributed by atoms with Gasteiger partial charge in [0.15, 0.2) is 0 Å². The first kappa shape index (κ1) is 99.9. The second-order valence-electron chi connectivity index (χ2n) is 36.9. The fraction of sp³-hybridized carbons (Fsp3) is 0.0645. The Hall–Kier alpha value is -13.7. The van der Waals surface area contributed by atoms with E-state index in [2.05, 4.69) is 297 Å². The van der Waals surface area contributed by atoms with E-state index in [-0.39, 0.29) is 56.9 Å². The predicted octanol–water partition coefficient (Wildman–Crippen LogP) is 27.7. The van der Waals surface area contributed by atoms with Gasteiger partial charge in [-0.05, 0) is 171 Å². The minimum absolute atomic E-state index is 0. The van der Waals surface area contributed by atoms with Crippen LogP contribution in [0.3, 0.4) is 0 Å². The molecule has 0 radical (unpaired) electrons. The van der Waals surface area contributed by atoms with Crippen molar-refractivity contribution in [3.8, 4) is 11.1 Å². The Bertz CT molecular complexity index is 10400. The third-order valence-corrected chi connectivity index (χ3v) is 34.7. The van der Waals surface area contributed by atoms with Gasteiger partial charge in [0.25, 0.3) is 5.56 Å². The molecule has 0 atom stereocenters. The van der Waals surface area contributed by atoms with Crippen LogP contribution in [0.1, 0.15) is 56.7 Å². The van der Waals surface area contributed by atoms with Gasteiger partial charge in [-0.2, -0.15) is 0 Å². The van der Waals surface area contributed by atoms with Gasteiger partial charge >= 0.3 is 65.6 Å². The molecule has 14 nitrogen and oxygen atoms in total. The van der Waals surface area contributed by atoms with Gasteiger partial charge in [0.2, 0.25) is 11.8 Å². The van der Waals surface area contributed by atoms with Crippen molar-refractivity contribution in [1.82, 2.24) is 15.0 Å². The molecular formula is C124H87B2BrClFKN5O9S5. The van der Waals surface area contributed by atoms with Crippen LogP contribution in [0.4, 0.5) is 4.39 Å². The van der Waals surface area contributed by atoms with E-state index in [0.717, 1.165) is 109 Å². The zero-order valence-electron chi connectivity index (χ0n) is 82.1. The standard InChI is InChI=1S/C29H24BNO2S.C23H12ClNS.C23H13NOS.C23H15NOS.C16H11BO2S.C7H6BrNO.C2H4O2.CH3F.K/c1-28(2)29(3,4)33-30(32-28)27-20-14-8-5-11-17(20)23-24-21-15-9-10-16-22(21)34-26(24)19-13-7-6-12-18(19)25(23)31-27;24-23-16-10-4-1-7-13(16)19-20-17-11-5-6-12-18(17)26-22(20)15-9-3-2-8-14(15)21(19)25-23;25-23-16-10-4-1-7-13(16)19-20-17-11-5-6-12-18(17)26-22(20)15-9-3-2-8-14(15)21(19)24-23;24-23(25)17-10-4-3-9-16(17)19-13-14-7-1-2-8-15(14)22-21(19)18-11-5-6-12-20(18)26-22;18-17(19)13-9-10-5-1-2-6-11(10)16-15(13)12-7-3-4-8-14(12)20-16;8-6-4-2-1-3-5(6)7(9)10;1-2(3)4;1-2;/h5-16H,1-4H3;1-12H;1-12H,(H,24,25);1-13H,(H2,24,25);1-9,18-19H;1-4H,(H2,9,10);1H3,(H,3,4);1H3;/q;;;;;;;;+1/p-1/i;;;;;;;1D;. The number of nitrogens with one attached hydrogen (secondary N) is 1. The van der Waals surface area contributed by atoms with Crippen LogP contribution in [0.5, 0.6) is 0 Å². The molecule has 8 aromatic heterocycles. The average molecular weight is 2150 g/mol. The molecule has 25 heteroatoms. The molecule has 0 saturated carbocycles. The van der Waals surface area contributed by atoms with Gasteiger partial charge < -0.3 is 45.7 Å². The Labute approximate surface area is 930 Å². The number of carboxylic acid groups (broad SMARTS) is 1. The minimum atomic E-state index is -1.46. The van der Waals surface area contributed by atoms with Crippen LogP contribution in [0.25, 0.3) is 231 Å². The Morgan fingerprint density at radius 2 is 0.698 bits per heavy atom. The summed E-state index contributed by atoms with van der Waals surface area (Å²) in [6, 6.07) is 128. The number of aromatic amines is 1. The Morgan fingerprint density at radius 3 is 1.14 bits per heavy atom. The first-order chi connectivity index (χ1) is 72.4. The summed E-state index contributed by atoms with van der Waals surface area (Å²) in [5, 5.41) is 62.5. The number of hydrogen-bond acceptors (Lipinski definition) is 16. The van der Waals surface area contributed by atoms with Crippen molar-refractivity contribution in [2.75, 3.05) is 7.15 Å². The minimum Gasteiger partial charge on any atom is -0.550 e. The summed E-state index contributed by atoms with van der Waals surface area (Å²) < 4.78 is 41.8. The van der Waals surface area contributed by atoms with Crippen molar-refractivity contribution in [2.45, 2.75) is 45.8 Å². The number of aliphatic carboxylic acids is 1. The molecule has 1 fully saturated rings. The maximum atomic E-state index is 12.7. The van der Waals surface area contributed by atoms with Crippen LogP contribution in [0, 0.1) is 0 Å². The Morgan fingerprint density at radius 1 is 0.389 bits per heavy atom. The van der Waals surface area contributed by atoms with Crippen molar-refractivity contribution in [3.05, 3.63) is 407 Å². The molecule has 149 heavy (non-hydrogen) atoms. The number of amides is 2. The quantitative estimate of drug-likeness (QED) is 0.0616. The van der Waals surface area contributed by atoms with Crippen LogP contribution in [0.2, 0.25) is 5.15 Å². The number of hydrogen-bond donors (Lipinski definition) is 5. The largest absolute Gasteiger partial charge is 1.00 e. The van der Waals surface area contributed by atoms with E-state index in [1.165, 1.54) is 139 Å². The van der Waals surface area contributed by atoms with E-state index in [4.69, 9.17) is 53.6 Å². The number of nitrogens with zero attached hydrogens (tertiary/aromatic N) is 2. The van der Waals surface area contributed by atoms with Gasteiger partial charge in [0.1, 0.15) is 5.15 Å². The average Bonchev–Trinajstić information content (AvgIpc) is 1.54. The number of carboxylic acids is 1. The van der Waals surface area contributed by atoms with Gasteiger partial charge in [-0.25, -0.2) is 4.98 Å². The second-order valence-corrected chi connectivity index (χ2v) is 43.3. The van der Waals surface area contributed by atoms with Gasteiger partial charge in [-0.15, -0.1) is 56.7 Å². The number of primary amides is 2. The van der Waals surface area contributed by atoms with Crippen molar-refractivity contribution < 1.29 is 96.0 Å². The molecule has 1 aliphatic rings. The van der Waals surface area contributed by atoms with E-state index >= 15 is 0 Å². The van der Waals surface area contributed by atoms with Gasteiger partial charge in [-0.1, -0.05) is 327 Å². The fourth-order valence-electron chi connectivity index (χ4n) is 20.6. The summed E-state index contributed by atoms with van der Waals surface area (Å²) in [6.07, 6.45) is 0. The Kier molecular flexibility index (Phi) is 28.2. The number of thiophene rings is 5. The van der Waals surface area contributed by atoms with E-state index in [1.807, 2.05) is 137 Å². The van der Waals surface area contributed by atoms with Crippen molar-refractivity contribution in [3.63, 3.8) is 0 Å². The molecule has 9 heterocycles. The number of fused-ring (bicyclic) bond motifs is 40. The topological polar surface area (TPSA) is 244 Å². The number of rotatable bonds is 5. The first-order valence-corrected chi connectivity index (χ1v) is 53.0. The number of pyridine rings is 3. The number of alkyl halides is 1. The van der Waals surface area contributed by atoms with Crippen LogP contribution in [0.15, 0.2) is 385 Å². The third-order valence-electron chi connectivity index (χ3n) is 27.7. The summed E-state index contributed by atoms with van der Waals surface area (Å²) in [7, 11) is -2.98. The summed E-state index contributed by atoms with van der Waals surface area (Å²) in [5.41, 5.74) is 17.2. The normalized spacial score (nSPS) is 12.7. The zero-order chi connectivity index (χ0) is 103. The van der Waals surface area contributed by atoms with Gasteiger partial charge in [0.05, 0.1) is 47.4 Å². The molecule has 7 N–H and O–H groups in total. The van der Waals surface area contributed by atoms with Crippen molar-refractivity contribution >= 4 is 347 Å². The zero-order valence-corrected chi connectivity index (χ0v) is 90.7. The van der Waals surface area contributed by atoms with Gasteiger partial charge in [-0.3, -0.25) is 23.8 Å². The number of benzene rings is 20. The third kappa shape index (κ3) is 18.3. The molecule has 29 rings (SSSR count). The molecule has 720 valence electrons. The number of carbonyl (C=O) groups excluding carboxylic acids is 3. The molecular weight excluding hydrogens is 2060 g/mol. The fourth-order valence-corrected chi connectivity index (χ4v) is 27.6. The summed E-state index contributed by atoms with van der Waals surface area (Å²) in [5.74, 6) is -1.89. The molecule has 1 saturated heterocycles. The molecule has 0 spiro atoms. The maximum absolute atomic E-state index is 12.7. The SMILES string of the molecule is CC(=O)[O-].CC1(C)OB(c2nc3c4ccccc4c4sc5ccccc5c4c3c3ccccc23)OC1(C)C.Clc1nc2c3ccccc3c3sc4ccccc4c3c2c2ccccc12.NC(=O)c1ccccc1-c1cc2ccccc2c2sc3ccccc3c12.NC(=O)c1ccccc1Br.O=c1[nH]c2c3ccccc3c3sc4ccccc4c3c2c2ccccc12.OB(O)c1cc2ccccc2c2sc3ccccc3c12.[2H]CF.[K+]. The first-order valence-electron chi connectivity index (χ1n) is 48.4. The van der Waals surface area contributed by atoms with E-state index < -0.39 is 50.4 Å². The summed E-state index contributed by atoms with van der Waals surface area (Å²) in [4.78, 5) is 57.6. The predicted molar refractivity (Wildman–Crippen MR) is 630 cm³/mol. The summed E-state index contributed by atoms with van der Waals surface area (Å²) in [6.45, 7) is 9.33. The van der Waals surface area contributed by atoms with Crippen LogP contribution < -0.4 is 84.6 Å². The van der Waals surface area contributed by atoms with E-state index in [1.54, 1.807) is 46.9 Å². The van der Waals surface area contributed by atoms with E-state index in [0.29, 0.717) is 21.7 Å². The molecule has 0 unspecified atom stereocenters. The van der Waals surface area contributed by atoms with E-state index in [9.17, 15) is 28.8 Å². The molecule has 0 bridgehead atoms. The van der Waals surface area contributed by atoms with Gasteiger partial charge in [0, 0.05) is 176 Å². The summed E-state index contributed by atoms with van der Waals surface area (Å²) >= 11 is 18.8. The second kappa shape index (κ2) is 42.0. The van der Waals surface area contributed by atoms with Crippen LogP contribution >= 0.6 is 84.2 Å². The smallest absolute Gasteiger partial charge is 0.550 e. The maximum Gasteiger partial charge on any atom is 1.00 e. The Balaban J connectivity index is 0.000000106. The molecule has 20 aromatic carbocycles.